The maximum absolute atomic E-state index is 6.29. The molecule has 1 aromatic carbocycles. The molecule has 4 nitrogen and oxygen atoms in total. The average molecular weight is 336 g/mol. The minimum Gasteiger partial charge on any atom is -0.484 e. The first-order valence-corrected chi connectivity index (χ1v) is 7.70. The van der Waals surface area contributed by atoms with Crippen molar-refractivity contribution in [1.29, 1.82) is 0 Å². The first-order chi connectivity index (χ1) is 9.69. The van der Waals surface area contributed by atoms with Crippen molar-refractivity contribution in [3.8, 4) is 5.75 Å². The van der Waals surface area contributed by atoms with E-state index in [0.29, 0.717) is 0 Å². The Hall–Kier alpha value is -1.33. The van der Waals surface area contributed by atoms with E-state index in [1.165, 1.54) is 0 Å². The van der Waals surface area contributed by atoms with Gasteiger partial charge >= 0.3 is 0 Å². The molecular formula is C15H18BrN3O. The van der Waals surface area contributed by atoms with Crippen LogP contribution in [0.2, 0.25) is 0 Å². The van der Waals surface area contributed by atoms with Crippen LogP contribution in [-0.2, 0) is 6.54 Å². The minimum atomic E-state index is -0.0270. The highest BCUT2D eigenvalue weighted by Crippen LogP contribution is 2.40. The van der Waals surface area contributed by atoms with E-state index < -0.39 is 0 Å². The number of nitrogens with two attached hydrogens (primary N) is 1. The Morgan fingerprint density at radius 3 is 3.15 bits per heavy atom. The lowest BCUT2D eigenvalue weighted by atomic mass is 9.96. The van der Waals surface area contributed by atoms with Crippen LogP contribution < -0.4 is 10.5 Å². The third kappa shape index (κ3) is 2.47. The summed E-state index contributed by atoms with van der Waals surface area (Å²) < 4.78 is 9.30. The summed E-state index contributed by atoms with van der Waals surface area (Å²) in [7, 11) is 0. The second-order valence-electron chi connectivity index (χ2n) is 5.14. The van der Waals surface area contributed by atoms with Gasteiger partial charge in [-0.15, -0.1) is 0 Å². The molecule has 0 saturated heterocycles. The summed E-state index contributed by atoms with van der Waals surface area (Å²) in [6.45, 7) is 3.11. The quantitative estimate of drug-likeness (QED) is 0.932. The molecule has 0 radical (unpaired) electrons. The molecule has 0 aliphatic carbocycles. The van der Waals surface area contributed by atoms with Crippen molar-refractivity contribution in [3.63, 3.8) is 0 Å². The first-order valence-electron chi connectivity index (χ1n) is 6.90. The molecule has 2 N–H and O–H groups in total. The van der Waals surface area contributed by atoms with Crippen molar-refractivity contribution in [2.45, 2.75) is 38.5 Å². The van der Waals surface area contributed by atoms with Crippen molar-refractivity contribution >= 4 is 15.9 Å². The van der Waals surface area contributed by atoms with Crippen LogP contribution in [0.1, 0.15) is 43.2 Å². The standard InChI is InChI=1S/C15H18BrN3O/c1-2-5-19-9-18-8-13(19)15-7-12(17)11-4-3-10(16)6-14(11)20-15/h3-4,6,8-9,12,15H,2,5,7,17H2,1H3/t12-,15?/m0/s1. The monoisotopic (exact) mass is 335 g/mol. The Morgan fingerprint density at radius 2 is 2.35 bits per heavy atom. The topological polar surface area (TPSA) is 53.1 Å². The highest BCUT2D eigenvalue weighted by molar-refractivity contribution is 9.10. The summed E-state index contributed by atoms with van der Waals surface area (Å²) >= 11 is 3.48. The van der Waals surface area contributed by atoms with E-state index in [1.807, 2.05) is 30.7 Å². The number of rotatable bonds is 3. The van der Waals surface area contributed by atoms with Crippen molar-refractivity contribution in [3.05, 3.63) is 46.5 Å². The Kier molecular flexibility index (Phi) is 3.81. The first kappa shape index (κ1) is 13.6. The molecule has 2 atom stereocenters. The number of imidazole rings is 1. The van der Waals surface area contributed by atoms with Gasteiger partial charge in [0.1, 0.15) is 11.9 Å². The molecule has 0 fully saturated rings. The highest BCUT2D eigenvalue weighted by atomic mass is 79.9. The number of aromatic nitrogens is 2. The second kappa shape index (κ2) is 5.58. The predicted molar refractivity (Wildman–Crippen MR) is 81.6 cm³/mol. The molecule has 1 aliphatic rings. The Balaban J connectivity index is 1.92. The van der Waals surface area contributed by atoms with Crippen LogP contribution in [-0.4, -0.2) is 9.55 Å². The van der Waals surface area contributed by atoms with Gasteiger partial charge in [-0.25, -0.2) is 4.98 Å². The fraction of sp³-hybridized carbons (Fsp3) is 0.400. The smallest absolute Gasteiger partial charge is 0.142 e. The van der Waals surface area contributed by atoms with Crippen molar-refractivity contribution < 1.29 is 4.74 Å². The minimum absolute atomic E-state index is 0.00169. The third-order valence-corrected chi connectivity index (χ3v) is 4.14. The van der Waals surface area contributed by atoms with Gasteiger partial charge in [0, 0.05) is 29.0 Å². The number of halogens is 1. The summed E-state index contributed by atoms with van der Waals surface area (Å²) in [5, 5.41) is 0. The van der Waals surface area contributed by atoms with Crippen molar-refractivity contribution in [2.24, 2.45) is 5.73 Å². The van der Waals surface area contributed by atoms with E-state index in [9.17, 15) is 0 Å². The molecule has 1 aromatic heterocycles. The summed E-state index contributed by atoms with van der Waals surface area (Å²) in [5.74, 6) is 0.868. The maximum atomic E-state index is 6.29. The molecule has 1 unspecified atom stereocenters. The summed E-state index contributed by atoms with van der Waals surface area (Å²) in [4.78, 5) is 4.25. The normalized spacial score (nSPS) is 21.4. The third-order valence-electron chi connectivity index (χ3n) is 3.65. The van der Waals surface area contributed by atoms with Gasteiger partial charge in [-0.05, 0) is 18.6 Å². The van der Waals surface area contributed by atoms with Gasteiger partial charge in [0.05, 0.1) is 18.2 Å². The van der Waals surface area contributed by atoms with E-state index in [-0.39, 0.29) is 12.1 Å². The van der Waals surface area contributed by atoms with Gasteiger partial charge in [-0.2, -0.15) is 0 Å². The molecule has 106 valence electrons. The lowest BCUT2D eigenvalue weighted by Crippen LogP contribution is -2.25. The van der Waals surface area contributed by atoms with Crippen LogP contribution in [0.3, 0.4) is 0 Å². The summed E-state index contributed by atoms with van der Waals surface area (Å²) in [6.07, 6.45) is 5.58. The van der Waals surface area contributed by atoms with Gasteiger partial charge in [-0.1, -0.05) is 28.9 Å². The number of hydrogen-bond acceptors (Lipinski definition) is 3. The van der Waals surface area contributed by atoms with E-state index >= 15 is 0 Å². The zero-order chi connectivity index (χ0) is 14.1. The molecule has 2 aromatic rings. The van der Waals surface area contributed by atoms with Gasteiger partial charge in [0.25, 0.3) is 0 Å². The Labute approximate surface area is 127 Å². The number of hydrogen-bond donors (Lipinski definition) is 1. The molecule has 3 rings (SSSR count). The van der Waals surface area contributed by atoms with Crippen LogP contribution in [0.5, 0.6) is 5.75 Å². The number of ether oxygens (including phenoxy) is 1. The SMILES string of the molecule is CCCn1cncc1C1C[C@H](N)c2ccc(Br)cc2O1. The number of benzene rings is 1. The second-order valence-corrected chi connectivity index (χ2v) is 6.06. The number of fused-ring (bicyclic) bond motifs is 1. The highest BCUT2D eigenvalue weighted by Gasteiger charge is 2.29. The summed E-state index contributed by atoms with van der Waals surface area (Å²) in [5.41, 5.74) is 8.47. The van der Waals surface area contributed by atoms with E-state index in [1.54, 1.807) is 0 Å². The van der Waals surface area contributed by atoms with Crippen LogP contribution in [0.4, 0.5) is 0 Å². The fourth-order valence-electron chi connectivity index (χ4n) is 2.68. The Bertz CT molecular complexity index is 611. The van der Waals surface area contributed by atoms with E-state index in [2.05, 4.69) is 32.4 Å². The molecule has 0 saturated carbocycles. The molecule has 1 aliphatic heterocycles. The maximum Gasteiger partial charge on any atom is 0.142 e. The van der Waals surface area contributed by atoms with Crippen LogP contribution in [0.15, 0.2) is 35.2 Å². The summed E-state index contributed by atoms with van der Waals surface area (Å²) in [6, 6.07) is 6.02. The lowest BCUT2D eigenvalue weighted by molar-refractivity contribution is 0.153. The average Bonchev–Trinajstić information content (AvgIpc) is 2.86. The molecule has 5 heteroatoms. The van der Waals surface area contributed by atoms with Gasteiger partial charge in [0.2, 0.25) is 0 Å². The zero-order valence-corrected chi connectivity index (χ0v) is 13.0. The van der Waals surface area contributed by atoms with Crippen LogP contribution in [0.25, 0.3) is 0 Å². The molecular weight excluding hydrogens is 318 g/mol. The van der Waals surface area contributed by atoms with Crippen molar-refractivity contribution in [2.75, 3.05) is 0 Å². The van der Waals surface area contributed by atoms with Crippen LogP contribution in [0, 0.1) is 0 Å². The van der Waals surface area contributed by atoms with E-state index in [4.69, 9.17) is 10.5 Å². The van der Waals surface area contributed by atoms with Crippen LogP contribution >= 0.6 is 15.9 Å². The number of aryl methyl sites for hydroxylation is 1. The molecule has 2 heterocycles. The van der Waals surface area contributed by atoms with E-state index in [0.717, 1.165) is 40.9 Å². The van der Waals surface area contributed by atoms with Gasteiger partial charge in [-0.3, -0.25) is 0 Å². The molecule has 20 heavy (non-hydrogen) atoms. The zero-order valence-electron chi connectivity index (χ0n) is 11.4. The lowest BCUT2D eigenvalue weighted by Gasteiger charge is -2.30. The fourth-order valence-corrected chi connectivity index (χ4v) is 3.02. The molecule has 0 amide bonds. The van der Waals surface area contributed by atoms with Gasteiger partial charge < -0.3 is 15.0 Å². The van der Waals surface area contributed by atoms with Crippen molar-refractivity contribution in [1.82, 2.24) is 9.55 Å². The Morgan fingerprint density at radius 1 is 1.50 bits per heavy atom. The molecule has 0 bridgehead atoms. The number of nitrogens with zero attached hydrogens (tertiary/aromatic N) is 2. The predicted octanol–water partition coefficient (Wildman–Crippen LogP) is 3.58. The molecule has 0 spiro atoms. The van der Waals surface area contributed by atoms with Gasteiger partial charge in [0.15, 0.2) is 0 Å². The largest absolute Gasteiger partial charge is 0.484 e.